The SMILES string of the molecule is CC1CCN(Cc2ccc(NC(=O)c3cncc(Cc4nccc(-c5ccccc5)n4)c3)cc2)CC1.CCN1CCN(Cc2ccc(C(=O)Cc3cnc(C)c(Cc4nccc(-c5ccccc5)n4)c3)cc2)CC1.CCN1CCN(Cc2ccc(C(=O)Cc3cnc(C)c(Cc4nccc(-c5cccnc5)n4)c3)cc2)CC1.Cc1ncc(CC(=O)c2ccc(CC3CCN(C)CC3)cc2)cc1Cc1nccc(-c2ccccc2)n1. The lowest BCUT2D eigenvalue weighted by Crippen LogP contribution is -2.45. The van der Waals surface area contributed by atoms with E-state index in [1.165, 1.54) is 61.0 Å². The highest BCUT2D eigenvalue weighted by Crippen LogP contribution is 2.29. The van der Waals surface area contributed by atoms with Crippen molar-refractivity contribution in [2.24, 2.45) is 11.8 Å². The third-order valence-corrected chi connectivity index (χ3v) is 28.6. The summed E-state index contributed by atoms with van der Waals surface area (Å²) in [6, 6.07) is 82.4. The fourth-order valence-corrected chi connectivity index (χ4v) is 19.3. The van der Waals surface area contributed by atoms with Gasteiger partial charge in [0.1, 0.15) is 23.3 Å². The highest BCUT2D eigenvalue weighted by Gasteiger charge is 2.25. The number of piperazine rings is 2. The number of likely N-dealkylation sites (N-methyl/N-ethyl adjacent to an activating group) is 2. The number of carbonyl (C=O) groups is 4. The van der Waals surface area contributed by atoms with Crippen molar-refractivity contribution < 1.29 is 19.2 Å². The van der Waals surface area contributed by atoms with Gasteiger partial charge in [-0.25, -0.2) is 39.9 Å². The van der Waals surface area contributed by atoms with Gasteiger partial charge in [-0.1, -0.05) is 215 Å². The maximum atomic E-state index is 13.1. The van der Waals surface area contributed by atoms with Gasteiger partial charge in [0.25, 0.3) is 5.91 Å². The molecule has 24 heteroatoms. The Hall–Kier alpha value is -15.2. The van der Waals surface area contributed by atoms with Crippen LogP contribution in [0.15, 0.2) is 317 Å². The van der Waals surface area contributed by atoms with Crippen molar-refractivity contribution in [1.82, 2.24) is 94.2 Å². The average molecular weight is 1980 g/mol. The van der Waals surface area contributed by atoms with Crippen LogP contribution < -0.4 is 5.32 Å². The first-order valence-electron chi connectivity index (χ1n) is 52.5. The number of hydrogen-bond acceptors (Lipinski definition) is 23. The molecule has 758 valence electrons. The van der Waals surface area contributed by atoms with Crippen LogP contribution in [0.4, 0.5) is 5.69 Å². The van der Waals surface area contributed by atoms with Crippen molar-refractivity contribution in [2.45, 2.75) is 138 Å². The molecule has 9 aromatic heterocycles. The Morgan fingerprint density at radius 1 is 0.309 bits per heavy atom. The minimum absolute atomic E-state index is 0.0968. The van der Waals surface area contributed by atoms with E-state index in [9.17, 15) is 19.2 Å². The van der Waals surface area contributed by atoms with Crippen LogP contribution in [0.5, 0.6) is 0 Å². The van der Waals surface area contributed by atoms with Crippen molar-refractivity contribution in [3.8, 4) is 45.0 Å². The van der Waals surface area contributed by atoms with Crippen molar-refractivity contribution in [2.75, 3.05) is 104 Å². The van der Waals surface area contributed by atoms with Gasteiger partial charge in [-0.05, 0) is 227 Å². The smallest absolute Gasteiger partial charge is 0.257 e. The number of aromatic nitrogens is 13. The van der Waals surface area contributed by atoms with Crippen LogP contribution in [0.25, 0.3) is 45.0 Å². The molecule has 1 amide bonds. The van der Waals surface area contributed by atoms with Crippen molar-refractivity contribution in [3.05, 3.63) is 441 Å². The molecule has 4 saturated heterocycles. The van der Waals surface area contributed by atoms with Gasteiger partial charge >= 0.3 is 0 Å². The summed E-state index contributed by atoms with van der Waals surface area (Å²) < 4.78 is 0. The number of anilines is 1. The van der Waals surface area contributed by atoms with Gasteiger partial charge < -0.3 is 20.0 Å². The number of hydrogen-bond donors (Lipinski definition) is 1. The molecule has 149 heavy (non-hydrogen) atoms. The third-order valence-electron chi connectivity index (χ3n) is 28.6. The van der Waals surface area contributed by atoms with Crippen molar-refractivity contribution >= 4 is 28.9 Å². The molecule has 13 heterocycles. The zero-order chi connectivity index (χ0) is 103. The molecule has 0 saturated carbocycles. The molecule has 4 aliphatic heterocycles. The summed E-state index contributed by atoms with van der Waals surface area (Å²) in [6.07, 6.45) is 28.8. The van der Waals surface area contributed by atoms with Gasteiger partial charge in [0, 0.05) is 247 Å². The molecule has 20 rings (SSSR count). The molecule has 0 bridgehead atoms. The Morgan fingerprint density at radius 3 is 1.05 bits per heavy atom. The van der Waals surface area contributed by atoms with Crippen LogP contribution in [-0.2, 0) is 71.0 Å². The van der Waals surface area contributed by atoms with Crippen molar-refractivity contribution in [3.63, 3.8) is 0 Å². The van der Waals surface area contributed by atoms with Gasteiger partial charge in [-0.15, -0.1) is 0 Å². The van der Waals surface area contributed by atoms with E-state index in [1.54, 1.807) is 55.8 Å². The second kappa shape index (κ2) is 52.9. The summed E-state index contributed by atoms with van der Waals surface area (Å²) in [5, 5.41) is 2.99. The predicted octanol–water partition coefficient (Wildman–Crippen LogP) is 20.8. The number of aryl methyl sites for hydroxylation is 3. The maximum Gasteiger partial charge on any atom is 0.257 e. The predicted molar refractivity (Wildman–Crippen MR) is 590 cm³/mol. The molecular formula is C125H134N20O4. The highest BCUT2D eigenvalue weighted by molar-refractivity contribution is 6.04. The molecule has 0 spiro atoms. The lowest BCUT2D eigenvalue weighted by Gasteiger charge is -2.34. The van der Waals surface area contributed by atoms with Crippen LogP contribution >= 0.6 is 0 Å². The standard InChI is InChI=1S/C32H35N5O.C32H34N4O.C31H34N6O.C30H31N5O/c1-3-36-15-17-37(18-16-36)23-25-9-11-28(12-10-25)31(38)20-26-19-29(24(2)34-22-26)21-32-33-14-13-30(35-32)27-7-5-4-6-8-27;1-23-29(21-32-33-15-12-30(35-32)27-6-4-3-5-7-27)19-26(22-34-23)20-31(37)28-10-8-24(9-11-28)18-25-13-16-36(2)17-14-25;1-3-36-13-15-37(16-14-36)22-24-6-8-26(9-7-24)30(38)18-25-17-28(23(2)34-20-25)19-31-33-12-10-29(35-31)27-5-4-11-32-21-27;1-22-12-15-35(16-13-22)21-23-7-9-27(10-8-23)33-30(36)26-17-24(19-31-20-26)18-29-32-14-11-28(34-29)25-5-3-2-4-6-25/h4-14,19,22H,3,15-18,20-21,23H2,1-2H3;3-12,15,19,22,25H,13-14,16-18,20-21H2,1-2H3;4-12,17,20-21H,3,13-16,18-19,22H2,1-2H3;2-11,14,17,19-20,22H,12-13,15-16,18,21H2,1H3,(H,33,36). The number of piperidine rings is 2. The zero-order valence-corrected chi connectivity index (χ0v) is 86.8. The van der Waals surface area contributed by atoms with Gasteiger partial charge in [0.05, 0.1) is 28.3 Å². The van der Waals surface area contributed by atoms with E-state index in [1.807, 2.05) is 215 Å². The number of ketones is 3. The van der Waals surface area contributed by atoms with Crippen LogP contribution in [0.1, 0.15) is 189 Å². The molecule has 0 unspecified atom stereocenters. The van der Waals surface area contributed by atoms with Gasteiger partial charge in [-0.3, -0.25) is 58.8 Å². The summed E-state index contributed by atoms with van der Waals surface area (Å²) in [4.78, 5) is 126. The van der Waals surface area contributed by atoms with Crippen LogP contribution in [0.2, 0.25) is 0 Å². The Kier molecular flexibility index (Phi) is 37.4. The molecule has 24 nitrogen and oxygen atoms in total. The molecule has 0 atom stereocenters. The quantitative estimate of drug-likeness (QED) is 0.0374. The van der Waals surface area contributed by atoms with E-state index in [4.69, 9.17) is 19.9 Å². The molecule has 0 radical (unpaired) electrons. The first kappa shape index (κ1) is 105. The summed E-state index contributed by atoms with van der Waals surface area (Å²) >= 11 is 0. The monoisotopic (exact) mass is 1980 g/mol. The topological polar surface area (TPSA) is 267 Å². The fourth-order valence-electron chi connectivity index (χ4n) is 19.3. The number of nitrogens with zero attached hydrogens (tertiary/aromatic N) is 19. The lowest BCUT2D eigenvalue weighted by molar-refractivity contribution is 0.0984. The number of pyridine rings is 5. The second-order valence-electron chi connectivity index (χ2n) is 39.7. The number of rotatable bonds is 33. The van der Waals surface area contributed by atoms with Crippen molar-refractivity contribution in [1.29, 1.82) is 0 Å². The van der Waals surface area contributed by atoms with E-state index in [0.29, 0.717) is 62.2 Å². The largest absolute Gasteiger partial charge is 0.322 e. The fraction of sp³-hybridized carbons (Fsp3) is 0.304. The van der Waals surface area contributed by atoms with E-state index < -0.39 is 0 Å². The molecular weight excluding hydrogens is 1850 g/mol. The average Bonchev–Trinajstić information content (AvgIpc) is 0.828. The molecule has 0 aliphatic carbocycles. The molecule has 7 aromatic carbocycles. The highest BCUT2D eigenvalue weighted by atomic mass is 16.2. The molecule has 1 N–H and O–H groups in total. The number of Topliss-reactive ketones (excluding diaryl/α,β-unsaturated/α-hetero) is 3. The number of amides is 1. The summed E-state index contributed by atoms with van der Waals surface area (Å²) in [7, 11) is 2.19. The van der Waals surface area contributed by atoms with Gasteiger partial charge in [0.15, 0.2) is 17.3 Å². The minimum Gasteiger partial charge on any atom is -0.322 e. The van der Waals surface area contributed by atoms with E-state index in [0.717, 1.165) is 252 Å². The van der Waals surface area contributed by atoms with E-state index >= 15 is 0 Å². The van der Waals surface area contributed by atoms with E-state index in [-0.39, 0.29) is 23.3 Å². The van der Waals surface area contributed by atoms with Crippen LogP contribution in [0.3, 0.4) is 0 Å². The first-order chi connectivity index (χ1) is 72.8. The minimum atomic E-state index is -0.180. The lowest BCUT2D eigenvalue weighted by atomic mass is 9.90. The number of carbonyl (C=O) groups excluding carboxylic acids is 4. The summed E-state index contributed by atoms with van der Waals surface area (Å²) in [6.45, 7) is 31.4. The van der Waals surface area contributed by atoms with Crippen LogP contribution in [0, 0.1) is 32.6 Å². The normalized spacial score (nSPS) is 14.5. The zero-order valence-electron chi connectivity index (χ0n) is 86.8. The van der Waals surface area contributed by atoms with E-state index in [2.05, 4.69) is 174 Å². The second-order valence-corrected chi connectivity index (χ2v) is 39.7. The number of benzene rings is 7. The molecule has 4 aliphatic rings. The number of likely N-dealkylation sites (tertiary alicyclic amines) is 2. The Morgan fingerprint density at radius 2 is 0.664 bits per heavy atom. The number of nitrogens with one attached hydrogen (secondary N) is 1. The Balaban J connectivity index is 0.000000135. The Labute approximate surface area is 876 Å². The van der Waals surface area contributed by atoms with Gasteiger partial charge in [0.2, 0.25) is 0 Å². The van der Waals surface area contributed by atoms with Gasteiger partial charge in [-0.2, -0.15) is 0 Å². The first-order valence-corrected chi connectivity index (χ1v) is 52.5. The summed E-state index contributed by atoms with van der Waals surface area (Å²) in [5.41, 5.74) is 25.8. The maximum absolute atomic E-state index is 13.1. The molecule has 16 aromatic rings. The summed E-state index contributed by atoms with van der Waals surface area (Å²) in [5.74, 6) is 4.60. The Bertz CT molecular complexity index is 6850. The van der Waals surface area contributed by atoms with Crippen LogP contribution in [-0.4, -0.2) is 216 Å². The molecule has 4 fully saturated rings. The third kappa shape index (κ3) is 31.2.